The van der Waals surface area contributed by atoms with Gasteiger partial charge in [-0.3, -0.25) is 0 Å². The van der Waals surface area contributed by atoms with Gasteiger partial charge in [0, 0.05) is 18.6 Å². The Morgan fingerprint density at radius 2 is 1.25 bits per heavy atom. The predicted octanol–water partition coefficient (Wildman–Crippen LogP) is -0.712. The smallest absolute Gasteiger partial charge is 0 e. The van der Waals surface area contributed by atoms with Crippen molar-refractivity contribution in [2.24, 2.45) is 0 Å². The van der Waals surface area contributed by atoms with Crippen LogP contribution in [0.5, 0.6) is 0 Å². The molecule has 0 saturated heterocycles. The van der Waals surface area contributed by atoms with E-state index in [0.717, 1.165) is 0 Å². The zero-order chi connectivity index (χ0) is 2.00. The molecule has 0 amide bonds. The molecule has 0 spiro atoms. The summed E-state index contributed by atoms with van der Waals surface area (Å²) in [5, 5.41) is 0. The summed E-state index contributed by atoms with van der Waals surface area (Å²) in [5.41, 5.74) is 0. The molecule has 0 aliphatic rings. The SMILES string of the molecule is P.[O]=[AlH].[V]. The maximum Gasteiger partial charge on any atom is 0 e. The monoisotopic (exact) mass is 129 g/mol. The molecule has 0 bridgehead atoms. The van der Waals surface area contributed by atoms with Gasteiger partial charge in [-0.05, 0) is 0 Å². The first-order valence-electron chi connectivity index (χ1n) is 0.289. The molecule has 23 valence electrons. The van der Waals surface area contributed by atoms with Crippen LogP contribution < -0.4 is 0 Å². The molecule has 1 unspecified atom stereocenters. The first-order valence-corrected chi connectivity index (χ1v) is 0.866. The molecule has 0 N–H and O–H groups in total. The molecule has 4 heteroatoms. The molecule has 0 aliphatic heterocycles. The number of rotatable bonds is 0. The van der Waals surface area contributed by atoms with Crippen LogP contribution in [0.2, 0.25) is 0 Å². The Morgan fingerprint density at radius 3 is 1.25 bits per heavy atom. The van der Waals surface area contributed by atoms with Gasteiger partial charge in [-0.2, -0.15) is 9.90 Å². The van der Waals surface area contributed by atoms with Gasteiger partial charge in [0.15, 0.2) is 0 Å². The van der Waals surface area contributed by atoms with Crippen molar-refractivity contribution in [3.63, 3.8) is 0 Å². The molecule has 0 aliphatic carbocycles. The molecule has 0 saturated carbocycles. The summed E-state index contributed by atoms with van der Waals surface area (Å²) in [6, 6.07) is 0. The largest absolute Gasteiger partial charge is 0 e. The van der Waals surface area contributed by atoms with Gasteiger partial charge in [0.2, 0.25) is 0 Å². The zero-order valence-electron chi connectivity index (χ0n) is 2.27. The van der Waals surface area contributed by atoms with Gasteiger partial charge in [0.1, 0.15) is 0 Å². The van der Waals surface area contributed by atoms with E-state index < -0.39 is 0 Å². The third-order valence-corrected chi connectivity index (χ3v) is 0. The molecule has 1 radical (unpaired) electrons. The number of hydrogen-bond acceptors (Lipinski definition) is 1. The second kappa shape index (κ2) is 26.8. The van der Waals surface area contributed by atoms with E-state index in [2.05, 4.69) is 0 Å². The Labute approximate surface area is 48.7 Å². The average molecular weight is 129 g/mol. The summed E-state index contributed by atoms with van der Waals surface area (Å²) in [6.07, 6.45) is 0. The second-order valence-electron chi connectivity index (χ2n) is 0. The Kier molecular flexibility index (Phi) is 123. The van der Waals surface area contributed by atoms with E-state index >= 15 is 0 Å². The fourth-order valence-corrected chi connectivity index (χ4v) is 0. The molecule has 4 heavy (non-hydrogen) atoms. The second-order valence-corrected chi connectivity index (χ2v) is 0. The predicted molar refractivity (Wildman–Crippen MR) is 18.9 cm³/mol. The van der Waals surface area contributed by atoms with Gasteiger partial charge < -0.3 is 0 Å². The molecule has 0 fully saturated rings. The van der Waals surface area contributed by atoms with E-state index in [0.29, 0.717) is 16.2 Å². The molecule has 1 nitrogen and oxygen atoms in total. The van der Waals surface area contributed by atoms with Crippen molar-refractivity contribution in [2.75, 3.05) is 0 Å². The van der Waals surface area contributed by atoms with Gasteiger partial charge >= 0.3 is 20.0 Å². The van der Waals surface area contributed by atoms with Crippen LogP contribution in [-0.4, -0.2) is 16.2 Å². The van der Waals surface area contributed by atoms with Crippen molar-refractivity contribution < 1.29 is 22.4 Å². The fourth-order valence-electron chi connectivity index (χ4n) is 0. The molecule has 1 atom stereocenters. The maximum absolute atomic E-state index is 8.28. The van der Waals surface area contributed by atoms with Crippen LogP contribution in [0.15, 0.2) is 0 Å². The average Bonchev–Trinajstić information content (AvgIpc) is 1.00. The topological polar surface area (TPSA) is 17.1 Å². The molecule has 0 aromatic heterocycles. The van der Waals surface area contributed by atoms with Crippen LogP contribution in [0.4, 0.5) is 0 Å². The van der Waals surface area contributed by atoms with E-state index in [9.17, 15) is 0 Å². The van der Waals surface area contributed by atoms with Crippen LogP contribution in [0.25, 0.3) is 0 Å². The summed E-state index contributed by atoms with van der Waals surface area (Å²) >= 11 is 0.611. The Hall–Kier alpha value is 1.35. The van der Waals surface area contributed by atoms with Crippen LogP contribution >= 0.6 is 9.90 Å². The van der Waals surface area contributed by atoms with Gasteiger partial charge in [0.25, 0.3) is 0 Å². The van der Waals surface area contributed by atoms with E-state index in [-0.39, 0.29) is 28.5 Å². The first-order chi connectivity index (χ1) is 1.00. The number of hydrogen-bond donors (Lipinski definition) is 0. The van der Waals surface area contributed by atoms with Gasteiger partial charge in [-0.15, -0.1) is 0 Å². The fraction of sp³-hybridized carbons (Fsp3) is 0. The van der Waals surface area contributed by atoms with Crippen LogP contribution in [0.1, 0.15) is 0 Å². The quantitative estimate of drug-likeness (QED) is 0.312. The Balaban J connectivity index is -0.00000000500. The summed E-state index contributed by atoms with van der Waals surface area (Å²) in [4.78, 5) is 0. The van der Waals surface area contributed by atoms with Crippen molar-refractivity contribution in [3.8, 4) is 0 Å². The normalized spacial score (nSPS) is 0.750. The van der Waals surface area contributed by atoms with Gasteiger partial charge in [-0.25, -0.2) is 0 Å². The first kappa shape index (κ1) is 18.3. The van der Waals surface area contributed by atoms with Gasteiger partial charge in [-0.1, -0.05) is 0 Å². The van der Waals surface area contributed by atoms with Crippen LogP contribution in [-0.2, 0) is 22.4 Å². The summed E-state index contributed by atoms with van der Waals surface area (Å²) in [7, 11) is 0. The molecule has 0 rings (SSSR count). The van der Waals surface area contributed by atoms with Crippen LogP contribution in [0, 0.1) is 0 Å². The maximum atomic E-state index is 8.28. The third-order valence-electron chi connectivity index (χ3n) is 0. The molecule has 0 heterocycles. The van der Waals surface area contributed by atoms with Crippen molar-refractivity contribution in [3.05, 3.63) is 0 Å². The van der Waals surface area contributed by atoms with E-state index in [1.165, 1.54) is 0 Å². The van der Waals surface area contributed by atoms with Crippen molar-refractivity contribution >= 4 is 26.1 Å². The molecular formula is H4AlOPV. The van der Waals surface area contributed by atoms with E-state index in [1.54, 1.807) is 0 Å². The van der Waals surface area contributed by atoms with Crippen LogP contribution in [0.3, 0.4) is 0 Å². The summed E-state index contributed by atoms with van der Waals surface area (Å²) in [5.74, 6) is 0. The third kappa shape index (κ3) is 10.2. The standard InChI is InChI=1S/Al.O.H3P.V.H/h;;1H3;;. The van der Waals surface area contributed by atoms with Crippen molar-refractivity contribution in [1.82, 2.24) is 0 Å². The minimum atomic E-state index is 0. The molecular weight excluding hydrogens is 125 g/mol. The molecule has 0 aromatic rings. The van der Waals surface area contributed by atoms with Crippen molar-refractivity contribution in [1.29, 1.82) is 0 Å². The minimum absolute atomic E-state index is 0. The summed E-state index contributed by atoms with van der Waals surface area (Å²) < 4.78 is 8.28. The Morgan fingerprint density at radius 1 is 1.25 bits per heavy atom. The zero-order valence-corrected chi connectivity index (χ0v) is 6.49. The van der Waals surface area contributed by atoms with E-state index in [4.69, 9.17) is 3.80 Å². The summed E-state index contributed by atoms with van der Waals surface area (Å²) in [6.45, 7) is 0. The van der Waals surface area contributed by atoms with E-state index in [1.807, 2.05) is 0 Å². The Bertz CT molecular complexity index is 8.00. The molecule has 0 aromatic carbocycles. The van der Waals surface area contributed by atoms with Crippen molar-refractivity contribution in [2.45, 2.75) is 0 Å². The minimum Gasteiger partial charge on any atom is 0 e. The van der Waals surface area contributed by atoms with Gasteiger partial charge in [0.05, 0.1) is 0 Å².